The van der Waals surface area contributed by atoms with E-state index in [-0.39, 0.29) is 7.05 Å². The van der Waals surface area contributed by atoms with E-state index >= 15 is 0 Å². The Labute approximate surface area is 122 Å². The normalized spacial score (nSPS) is 24.4. The minimum atomic E-state index is -0.343. The molecule has 1 unspecified atom stereocenters. The fourth-order valence-corrected chi connectivity index (χ4v) is 3.69. The maximum Gasteiger partial charge on any atom is 0.376 e. The second kappa shape index (κ2) is 6.29. The molecule has 3 rings (SSSR count). The van der Waals surface area contributed by atoms with Gasteiger partial charge in [-0.15, -0.1) is 0 Å². The maximum atomic E-state index is 9.90. The van der Waals surface area contributed by atoms with Crippen molar-refractivity contribution in [2.75, 3.05) is 19.6 Å². The molecule has 0 bridgehead atoms. The van der Waals surface area contributed by atoms with Crippen LogP contribution in [0.4, 0.5) is 0 Å². The van der Waals surface area contributed by atoms with Gasteiger partial charge in [-0.25, -0.2) is 0 Å². The first-order valence-electron chi connectivity index (χ1n) is 7.99. The summed E-state index contributed by atoms with van der Waals surface area (Å²) in [5.41, 5.74) is 2.79. The Morgan fingerprint density at radius 3 is 2.75 bits per heavy atom. The van der Waals surface area contributed by atoms with Gasteiger partial charge < -0.3 is 9.83 Å². The Morgan fingerprint density at radius 2 is 2.00 bits per heavy atom. The highest BCUT2D eigenvalue weighted by Crippen LogP contribution is 2.32. The quantitative estimate of drug-likeness (QED) is 0.853. The zero-order chi connectivity index (χ0) is 13.9. The van der Waals surface area contributed by atoms with E-state index in [1.807, 2.05) is 6.82 Å². The average molecular weight is 272 g/mol. The van der Waals surface area contributed by atoms with Crippen molar-refractivity contribution >= 4 is 7.05 Å². The molecular weight excluding hydrogens is 247 g/mol. The number of hydrogen-bond acceptors (Lipinski definition) is 3. The molecule has 0 amide bonds. The van der Waals surface area contributed by atoms with E-state index in [1.165, 1.54) is 43.5 Å². The number of hydrogen-bond donors (Lipinski definition) is 1. The minimum absolute atomic E-state index is 0.343. The van der Waals surface area contributed by atoms with Crippen molar-refractivity contribution in [2.45, 2.75) is 45.1 Å². The molecule has 0 aromatic heterocycles. The van der Waals surface area contributed by atoms with E-state index in [1.54, 1.807) is 0 Å². The van der Waals surface area contributed by atoms with Gasteiger partial charge >= 0.3 is 7.05 Å². The van der Waals surface area contributed by atoms with Gasteiger partial charge in [0.2, 0.25) is 0 Å². The number of nitrogens with zero attached hydrogens (tertiary/aromatic N) is 2. The monoisotopic (exact) mass is 272 g/mol. The molecule has 4 heteroatoms. The molecule has 0 spiro atoms. The van der Waals surface area contributed by atoms with E-state index in [0.717, 1.165) is 19.5 Å². The highest BCUT2D eigenvalue weighted by atomic mass is 16.2. The van der Waals surface area contributed by atoms with Crippen molar-refractivity contribution < 1.29 is 5.02 Å². The highest BCUT2D eigenvalue weighted by molar-refractivity contribution is 6.45. The van der Waals surface area contributed by atoms with Gasteiger partial charge in [0.05, 0.1) is 0 Å². The fourth-order valence-electron chi connectivity index (χ4n) is 3.69. The lowest BCUT2D eigenvalue weighted by molar-refractivity contribution is 0.330. The average Bonchev–Trinajstić information content (AvgIpc) is 3.09. The van der Waals surface area contributed by atoms with E-state index in [0.29, 0.717) is 6.04 Å². The predicted molar refractivity (Wildman–Crippen MR) is 83.5 cm³/mol. The molecule has 1 aromatic rings. The van der Waals surface area contributed by atoms with Crippen LogP contribution in [0.5, 0.6) is 0 Å². The summed E-state index contributed by atoms with van der Waals surface area (Å²) in [6.07, 6.45) is 5.04. The van der Waals surface area contributed by atoms with E-state index in [2.05, 4.69) is 34.0 Å². The van der Waals surface area contributed by atoms with Crippen molar-refractivity contribution in [1.82, 2.24) is 9.71 Å². The van der Waals surface area contributed by atoms with E-state index in [9.17, 15) is 5.02 Å². The van der Waals surface area contributed by atoms with Crippen LogP contribution in [-0.4, -0.2) is 41.4 Å². The molecule has 108 valence electrons. The first-order chi connectivity index (χ1) is 9.74. The first kappa shape index (κ1) is 14.1. The summed E-state index contributed by atoms with van der Waals surface area (Å²) in [5, 5.41) is 9.90. The molecule has 2 aliphatic rings. The van der Waals surface area contributed by atoms with Crippen LogP contribution in [0.15, 0.2) is 24.3 Å². The fraction of sp³-hybridized carbons (Fsp3) is 0.625. The van der Waals surface area contributed by atoms with Crippen molar-refractivity contribution in [3.05, 3.63) is 35.4 Å². The summed E-state index contributed by atoms with van der Waals surface area (Å²) in [6, 6.07) is 9.39. The summed E-state index contributed by atoms with van der Waals surface area (Å²) < 4.78 is 0. The lowest BCUT2D eigenvalue weighted by Crippen LogP contribution is -2.36. The summed E-state index contributed by atoms with van der Waals surface area (Å²) in [4.78, 5) is 4.76. The summed E-state index contributed by atoms with van der Waals surface area (Å²) in [7, 11) is -0.343. The molecule has 20 heavy (non-hydrogen) atoms. The Bertz CT molecular complexity index is 446. The van der Waals surface area contributed by atoms with Gasteiger partial charge in [0, 0.05) is 12.6 Å². The Hall–Kier alpha value is -0.835. The molecule has 2 fully saturated rings. The molecule has 0 radical (unpaired) electrons. The van der Waals surface area contributed by atoms with Gasteiger partial charge in [-0.1, -0.05) is 24.3 Å². The molecule has 3 nitrogen and oxygen atoms in total. The van der Waals surface area contributed by atoms with Gasteiger partial charge in [0.25, 0.3) is 0 Å². The van der Waals surface area contributed by atoms with Gasteiger partial charge in [-0.05, 0) is 63.3 Å². The van der Waals surface area contributed by atoms with Gasteiger partial charge in [-0.3, -0.25) is 4.90 Å². The SMILES string of the molecule is CB(O)N1CCCC1c1cccc(CN2CCCC2)c1. The van der Waals surface area contributed by atoms with Crippen LogP contribution in [0.1, 0.15) is 42.9 Å². The van der Waals surface area contributed by atoms with Gasteiger partial charge in [0.1, 0.15) is 0 Å². The third kappa shape index (κ3) is 3.08. The zero-order valence-corrected chi connectivity index (χ0v) is 12.5. The number of benzene rings is 1. The summed E-state index contributed by atoms with van der Waals surface area (Å²) in [5.74, 6) is 0. The minimum Gasteiger partial charge on any atom is -0.437 e. The van der Waals surface area contributed by atoms with Crippen LogP contribution in [0.3, 0.4) is 0 Å². The van der Waals surface area contributed by atoms with Gasteiger partial charge in [-0.2, -0.15) is 0 Å². The van der Waals surface area contributed by atoms with Crippen LogP contribution in [-0.2, 0) is 6.54 Å². The third-order valence-electron chi connectivity index (χ3n) is 4.71. The molecule has 2 aliphatic heterocycles. The van der Waals surface area contributed by atoms with Crippen LogP contribution in [0, 0.1) is 0 Å². The van der Waals surface area contributed by atoms with Crippen molar-refractivity contribution in [3.8, 4) is 0 Å². The lowest BCUT2D eigenvalue weighted by Gasteiger charge is -2.26. The maximum absolute atomic E-state index is 9.90. The standard InChI is InChI=1S/C16H25BN2O/c1-17(20)19-11-5-8-16(19)15-7-4-6-14(12-15)13-18-9-2-3-10-18/h4,6-7,12,16,20H,2-3,5,8-11,13H2,1H3. The smallest absolute Gasteiger partial charge is 0.376 e. The van der Waals surface area contributed by atoms with E-state index in [4.69, 9.17) is 0 Å². The Balaban J connectivity index is 1.73. The zero-order valence-electron chi connectivity index (χ0n) is 12.5. The molecule has 2 saturated heterocycles. The number of rotatable bonds is 4. The third-order valence-corrected chi connectivity index (χ3v) is 4.71. The van der Waals surface area contributed by atoms with E-state index < -0.39 is 0 Å². The second-order valence-corrected chi connectivity index (χ2v) is 6.26. The van der Waals surface area contributed by atoms with Crippen LogP contribution >= 0.6 is 0 Å². The van der Waals surface area contributed by atoms with Crippen molar-refractivity contribution in [1.29, 1.82) is 0 Å². The summed E-state index contributed by atoms with van der Waals surface area (Å²) >= 11 is 0. The molecular formula is C16H25BN2O. The Morgan fingerprint density at radius 1 is 1.20 bits per heavy atom. The number of likely N-dealkylation sites (tertiary alicyclic amines) is 1. The largest absolute Gasteiger partial charge is 0.437 e. The van der Waals surface area contributed by atoms with Crippen LogP contribution in [0.25, 0.3) is 0 Å². The van der Waals surface area contributed by atoms with Crippen LogP contribution in [0.2, 0.25) is 6.82 Å². The molecule has 0 aliphatic carbocycles. The predicted octanol–water partition coefficient (Wildman–Crippen LogP) is 2.53. The van der Waals surface area contributed by atoms with Gasteiger partial charge in [0.15, 0.2) is 0 Å². The second-order valence-electron chi connectivity index (χ2n) is 6.26. The van der Waals surface area contributed by atoms with Crippen molar-refractivity contribution in [2.24, 2.45) is 0 Å². The summed E-state index contributed by atoms with van der Waals surface area (Å²) in [6.45, 7) is 6.46. The first-order valence-corrected chi connectivity index (χ1v) is 7.99. The Kier molecular flexibility index (Phi) is 4.44. The highest BCUT2D eigenvalue weighted by Gasteiger charge is 2.30. The molecule has 2 heterocycles. The molecule has 1 atom stereocenters. The molecule has 1 aromatic carbocycles. The molecule has 0 saturated carbocycles. The lowest BCUT2D eigenvalue weighted by atomic mass is 9.83. The topological polar surface area (TPSA) is 26.7 Å². The molecule has 1 N–H and O–H groups in total. The van der Waals surface area contributed by atoms with Crippen LogP contribution < -0.4 is 0 Å². The van der Waals surface area contributed by atoms with Crippen molar-refractivity contribution in [3.63, 3.8) is 0 Å².